The molecule has 136 valence electrons. The summed E-state index contributed by atoms with van der Waals surface area (Å²) < 4.78 is 5.06. The van der Waals surface area contributed by atoms with Gasteiger partial charge in [0.25, 0.3) is 5.91 Å². The van der Waals surface area contributed by atoms with E-state index in [1.54, 1.807) is 57.4 Å². The van der Waals surface area contributed by atoms with E-state index in [0.717, 1.165) is 0 Å². The predicted molar refractivity (Wildman–Crippen MR) is 99.7 cm³/mol. The highest BCUT2D eigenvalue weighted by molar-refractivity contribution is 6.06. The number of nitrogens with zero attached hydrogens (tertiary/aromatic N) is 1. The Balaban J connectivity index is 1.91. The number of carbonyl (C=O) groups excluding carboxylic acids is 2. The molecule has 26 heavy (non-hydrogen) atoms. The Morgan fingerprint density at radius 1 is 1.15 bits per heavy atom. The molecule has 0 aliphatic rings. The number of aryl methyl sites for hydroxylation is 1. The zero-order chi connectivity index (χ0) is 19.1. The van der Waals surface area contributed by atoms with Gasteiger partial charge >= 0.3 is 0 Å². The van der Waals surface area contributed by atoms with Crippen LogP contribution in [0, 0.1) is 6.92 Å². The van der Waals surface area contributed by atoms with Crippen LogP contribution in [0.1, 0.15) is 29.3 Å². The minimum atomic E-state index is -0.541. The average molecular weight is 355 g/mol. The van der Waals surface area contributed by atoms with E-state index in [1.165, 1.54) is 6.07 Å². The van der Waals surface area contributed by atoms with Crippen LogP contribution in [-0.4, -0.2) is 29.7 Å². The van der Waals surface area contributed by atoms with E-state index in [1.807, 2.05) is 0 Å². The van der Waals surface area contributed by atoms with Gasteiger partial charge < -0.3 is 15.2 Å². The monoisotopic (exact) mass is 355 g/mol. The first-order valence-corrected chi connectivity index (χ1v) is 7.96. The topological polar surface area (TPSA) is 100 Å². The molecule has 0 unspecified atom stereocenters. The zero-order valence-electron chi connectivity index (χ0n) is 14.9. The van der Waals surface area contributed by atoms with Crippen LogP contribution in [0.2, 0.25) is 0 Å². The van der Waals surface area contributed by atoms with Crippen LogP contribution < -0.4 is 15.5 Å². The van der Waals surface area contributed by atoms with Crippen LogP contribution in [-0.2, 0) is 4.79 Å². The molecule has 0 aliphatic heterocycles. The predicted octanol–water partition coefficient (Wildman–Crippen LogP) is 2.84. The van der Waals surface area contributed by atoms with E-state index in [2.05, 4.69) is 15.8 Å². The summed E-state index contributed by atoms with van der Waals surface area (Å²) in [5.74, 6) is -0.192. The van der Waals surface area contributed by atoms with Crippen molar-refractivity contribution in [3.63, 3.8) is 0 Å². The standard InChI is InChI=1S/C19H21N3O4/c1-12-5-4-6-16(18(12)24)19(25)22-21-13(2)11-17(23)20-14-7-9-15(26-3)10-8-14/h4-10,24H,11H2,1-3H3,(H,20,23)(H,22,25)/b21-13-. The van der Waals surface area contributed by atoms with E-state index >= 15 is 0 Å². The van der Waals surface area contributed by atoms with Crippen molar-refractivity contribution in [3.8, 4) is 11.5 Å². The van der Waals surface area contributed by atoms with E-state index in [4.69, 9.17) is 4.74 Å². The molecule has 2 aromatic rings. The molecule has 0 heterocycles. The number of phenols is 1. The molecule has 0 saturated heterocycles. The Bertz CT molecular complexity index is 829. The second kappa shape index (κ2) is 8.66. The van der Waals surface area contributed by atoms with Crippen LogP contribution in [0.3, 0.4) is 0 Å². The summed E-state index contributed by atoms with van der Waals surface area (Å²) in [7, 11) is 1.57. The van der Waals surface area contributed by atoms with E-state index in [0.29, 0.717) is 22.7 Å². The second-order valence-electron chi connectivity index (χ2n) is 5.71. The molecular weight excluding hydrogens is 334 g/mol. The fourth-order valence-electron chi connectivity index (χ4n) is 2.20. The third kappa shape index (κ3) is 5.07. The molecule has 2 amide bonds. The van der Waals surface area contributed by atoms with Crippen molar-refractivity contribution < 1.29 is 19.4 Å². The molecule has 7 nitrogen and oxygen atoms in total. The minimum Gasteiger partial charge on any atom is -0.507 e. The molecule has 2 aromatic carbocycles. The number of anilines is 1. The van der Waals surface area contributed by atoms with Crippen LogP contribution in [0.4, 0.5) is 5.69 Å². The lowest BCUT2D eigenvalue weighted by Crippen LogP contribution is -2.21. The zero-order valence-corrected chi connectivity index (χ0v) is 14.9. The molecule has 0 bridgehead atoms. The normalized spacial score (nSPS) is 11.0. The van der Waals surface area contributed by atoms with Gasteiger partial charge in [0.15, 0.2) is 0 Å². The van der Waals surface area contributed by atoms with Gasteiger partial charge in [0, 0.05) is 11.4 Å². The number of para-hydroxylation sites is 1. The number of carbonyl (C=O) groups is 2. The highest BCUT2D eigenvalue weighted by Gasteiger charge is 2.12. The molecule has 0 saturated carbocycles. The summed E-state index contributed by atoms with van der Waals surface area (Å²) >= 11 is 0. The Labute approximate surface area is 151 Å². The average Bonchev–Trinajstić information content (AvgIpc) is 2.62. The number of phenolic OH excluding ortho intramolecular Hbond substituents is 1. The third-order valence-corrected chi connectivity index (χ3v) is 3.62. The van der Waals surface area contributed by atoms with Gasteiger partial charge in [-0.1, -0.05) is 12.1 Å². The maximum atomic E-state index is 12.1. The number of amides is 2. The number of hydrogen-bond acceptors (Lipinski definition) is 5. The first-order valence-electron chi connectivity index (χ1n) is 7.96. The highest BCUT2D eigenvalue weighted by Crippen LogP contribution is 2.21. The minimum absolute atomic E-state index is 0.0199. The van der Waals surface area contributed by atoms with Gasteiger partial charge in [-0.25, -0.2) is 5.43 Å². The van der Waals surface area contributed by atoms with Gasteiger partial charge in [-0.15, -0.1) is 0 Å². The molecule has 3 N–H and O–H groups in total. The Hall–Kier alpha value is -3.35. The Morgan fingerprint density at radius 2 is 1.85 bits per heavy atom. The van der Waals surface area contributed by atoms with Crippen LogP contribution in [0.25, 0.3) is 0 Å². The lowest BCUT2D eigenvalue weighted by Gasteiger charge is -2.07. The number of methoxy groups -OCH3 is 1. The summed E-state index contributed by atoms with van der Waals surface area (Å²) in [5.41, 5.74) is 4.13. The molecular formula is C19H21N3O4. The lowest BCUT2D eigenvalue weighted by atomic mass is 10.1. The van der Waals surface area contributed by atoms with Crippen molar-refractivity contribution in [2.24, 2.45) is 5.10 Å². The van der Waals surface area contributed by atoms with Gasteiger partial charge in [0.2, 0.25) is 5.91 Å². The molecule has 0 aliphatic carbocycles. The van der Waals surface area contributed by atoms with Crippen molar-refractivity contribution in [3.05, 3.63) is 53.6 Å². The summed E-state index contributed by atoms with van der Waals surface area (Å²) in [6.45, 7) is 3.33. The Morgan fingerprint density at radius 3 is 2.50 bits per heavy atom. The summed E-state index contributed by atoms with van der Waals surface area (Å²) in [5, 5.41) is 16.5. The van der Waals surface area contributed by atoms with Gasteiger partial charge in [-0.2, -0.15) is 5.10 Å². The number of hydrogen-bond donors (Lipinski definition) is 3. The van der Waals surface area contributed by atoms with Crippen molar-refractivity contribution >= 4 is 23.2 Å². The number of aromatic hydroxyl groups is 1. The molecule has 7 heteroatoms. The van der Waals surface area contributed by atoms with Gasteiger partial charge in [-0.05, 0) is 49.7 Å². The van der Waals surface area contributed by atoms with Crippen molar-refractivity contribution in [2.75, 3.05) is 12.4 Å². The van der Waals surface area contributed by atoms with Crippen LogP contribution in [0.5, 0.6) is 11.5 Å². The molecule has 2 rings (SSSR count). The number of hydrazone groups is 1. The number of rotatable bonds is 6. The molecule has 0 atom stereocenters. The number of benzene rings is 2. The van der Waals surface area contributed by atoms with Crippen molar-refractivity contribution in [2.45, 2.75) is 20.3 Å². The van der Waals surface area contributed by atoms with Crippen LogP contribution >= 0.6 is 0 Å². The van der Waals surface area contributed by atoms with E-state index in [9.17, 15) is 14.7 Å². The third-order valence-electron chi connectivity index (χ3n) is 3.62. The fraction of sp³-hybridized carbons (Fsp3) is 0.211. The quantitative estimate of drug-likeness (QED) is 0.548. The van der Waals surface area contributed by atoms with Crippen molar-refractivity contribution in [1.82, 2.24) is 5.43 Å². The van der Waals surface area contributed by atoms with Gasteiger partial charge in [0.1, 0.15) is 11.5 Å². The largest absolute Gasteiger partial charge is 0.507 e. The fourth-order valence-corrected chi connectivity index (χ4v) is 2.20. The smallest absolute Gasteiger partial charge is 0.275 e. The molecule has 0 aromatic heterocycles. The maximum absolute atomic E-state index is 12.1. The van der Waals surface area contributed by atoms with Gasteiger partial charge in [0.05, 0.1) is 19.1 Å². The summed E-state index contributed by atoms with van der Waals surface area (Å²) in [6.07, 6.45) is 0.0199. The summed E-state index contributed by atoms with van der Waals surface area (Å²) in [4.78, 5) is 24.1. The maximum Gasteiger partial charge on any atom is 0.275 e. The molecule has 0 radical (unpaired) electrons. The van der Waals surface area contributed by atoms with Crippen LogP contribution in [0.15, 0.2) is 47.6 Å². The Kier molecular flexibility index (Phi) is 6.32. The number of ether oxygens (including phenoxy) is 1. The van der Waals surface area contributed by atoms with Crippen molar-refractivity contribution in [1.29, 1.82) is 0 Å². The van der Waals surface area contributed by atoms with E-state index in [-0.39, 0.29) is 23.6 Å². The molecule has 0 fully saturated rings. The lowest BCUT2D eigenvalue weighted by molar-refractivity contribution is -0.115. The first-order chi connectivity index (χ1) is 12.4. The highest BCUT2D eigenvalue weighted by atomic mass is 16.5. The second-order valence-corrected chi connectivity index (χ2v) is 5.71. The van der Waals surface area contributed by atoms with Gasteiger partial charge in [-0.3, -0.25) is 9.59 Å². The first kappa shape index (κ1) is 19.0. The SMILES string of the molecule is COc1ccc(NC(=O)C/C(C)=N\NC(=O)c2cccc(C)c2O)cc1. The molecule has 0 spiro atoms. The van der Waals surface area contributed by atoms with E-state index < -0.39 is 5.91 Å². The summed E-state index contributed by atoms with van der Waals surface area (Å²) in [6, 6.07) is 11.8. The number of nitrogens with one attached hydrogen (secondary N) is 2.